The molecule has 1 aliphatic heterocycles. The van der Waals surface area contributed by atoms with Crippen LogP contribution in [0.2, 0.25) is 0 Å². The van der Waals surface area contributed by atoms with Crippen LogP contribution < -0.4 is 5.32 Å². The van der Waals surface area contributed by atoms with Gasteiger partial charge in [0.05, 0.1) is 0 Å². The fourth-order valence-electron chi connectivity index (χ4n) is 2.95. The molecule has 1 fully saturated rings. The second kappa shape index (κ2) is 7.43. The average molecular weight is 318 g/mol. The molecule has 3 nitrogen and oxygen atoms in total. The van der Waals surface area contributed by atoms with Crippen molar-refractivity contribution < 1.29 is 9.90 Å². The van der Waals surface area contributed by atoms with Crippen molar-refractivity contribution >= 4 is 18.4 Å². The molecule has 0 unspecified atom stereocenters. The first-order chi connectivity index (χ1) is 10.2. The maximum atomic E-state index is 10.9. The van der Waals surface area contributed by atoms with Crippen molar-refractivity contribution in [3.63, 3.8) is 0 Å². The Hall–Kier alpha value is -1.84. The number of nitrogens with one attached hydrogen (secondary N) is 1. The lowest BCUT2D eigenvalue weighted by Gasteiger charge is -2.09. The van der Waals surface area contributed by atoms with E-state index in [2.05, 4.69) is 41.7 Å². The molecule has 2 aromatic carbocycles. The van der Waals surface area contributed by atoms with Crippen LogP contribution >= 0.6 is 12.4 Å². The van der Waals surface area contributed by atoms with Crippen LogP contribution in [0.5, 0.6) is 0 Å². The average Bonchev–Trinajstić information content (AvgIpc) is 2.98. The number of carbonyl (C=O) groups is 1. The van der Waals surface area contributed by atoms with Gasteiger partial charge in [-0.2, -0.15) is 0 Å². The quantitative estimate of drug-likeness (QED) is 0.909. The molecule has 0 saturated carbocycles. The van der Waals surface area contributed by atoms with Crippen LogP contribution in [0.4, 0.5) is 0 Å². The minimum atomic E-state index is -0.739. The summed E-state index contributed by atoms with van der Waals surface area (Å²) in [4.78, 5) is 10.9. The lowest BCUT2D eigenvalue weighted by Crippen LogP contribution is -2.29. The van der Waals surface area contributed by atoms with E-state index in [1.165, 1.54) is 16.7 Å². The van der Waals surface area contributed by atoms with E-state index in [-0.39, 0.29) is 18.4 Å². The molecule has 2 N–H and O–H groups in total. The minimum Gasteiger partial charge on any atom is -0.480 e. The third-order valence-electron chi connectivity index (χ3n) is 4.11. The largest absolute Gasteiger partial charge is 0.480 e. The first kappa shape index (κ1) is 16.5. The summed E-state index contributed by atoms with van der Waals surface area (Å²) in [6.45, 7) is 0.789. The van der Waals surface area contributed by atoms with Crippen LogP contribution in [0, 0.1) is 5.92 Å². The summed E-state index contributed by atoms with van der Waals surface area (Å²) >= 11 is 0. The molecule has 4 heteroatoms. The molecule has 2 aromatic rings. The first-order valence-electron chi connectivity index (χ1n) is 7.33. The van der Waals surface area contributed by atoms with Gasteiger partial charge in [0.2, 0.25) is 0 Å². The van der Waals surface area contributed by atoms with Gasteiger partial charge in [0.25, 0.3) is 0 Å². The number of carboxylic acid groups (broad SMARTS) is 1. The Labute approximate surface area is 136 Å². The van der Waals surface area contributed by atoms with Crippen molar-refractivity contribution in [3.05, 3.63) is 60.2 Å². The molecule has 22 heavy (non-hydrogen) atoms. The van der Waals surface area contributed by atoms with Crippen molar-refractivity contribution in [2.24, 2.45) is 5.92 Å². The Bertz CT molecular complexity index is 613. The van der Waals surface area contributed by atoms with Gasteiger partial charge in [0, 0.05) is 0 Å². The van der Waals surface area contributed by atoms with Crippen LogP contribution in [0.1, 0.15) is 12.0 Å². The number of rotatable bonds is 4. The SMILES string of the molecule is Cl.O=C(O)[C@@H]1C[C@@H](Cc2ccc(-c3ccccc3)cc2)CN1. The van der Waals surface area contributed by atoms with Crippen molar-refractivity contribution in [1.82, 2.24) is 5.32 Å². The maximum absolute atomic E-state index is 10.9. The topological polar surface area (TPSA) is 49.3 Å². The number of hydrogen-bond acceptors (Lipinski definition) is 2. The van der Waals surface area contributed by atoms with Gasteiger partial charge < -0.3 is 10.4 Å². The highest BCUT2D eigenvalue weighted by molar-refractivity contribution is 5.85. The third-order valence-corrected chi connectivity index (χ3v) is 4.11. The van der Waals surface area contributed by atoms with E-state index in [0.717, 1.165) is 19.4 Å². The molecule has 2 atom stereocenters. The van der Waals surface area contributed by atoms with E-state index in [1.54, 1.807) is 0 Å². The summed E-state index contributed by atoms with van der Waals surface area (Å²) in [5.74, 6) is -0.328. The molecule has 1 saturated heterocycles. The molecule has 0 radical (unpaired) electrons. The molecule has 0 bridgehead atoms. The standard InChI is InChI=1S/C18H19NO2.ClH/c20-18(21)17-11-14(12-19-17)10-13-6-8-16(9-7-13)15-4-2-1-3-5-15;/h1-9,14,17,19H,10-12H2,(H,20,21);1H/t14-,17+;/m1./s1. The molecule has 116 valence electrons. The van der Waals surface area contributed by atoms with Crippen molar-refractivity contribution in [2.45, 2.75) is 18.9 Å². The highest BCUT2D eigenvalue weighted by Crippen LogP contribution is 2.23. The van der Waals surface area contributed by atoms with E-state index >= 15 is 0 Å². The predicted molar refractivity (Wildman–Crippen MR) is 90.4 cm³/mol. The molecule has 1 aliphatic rings. The van der Waals surface area contributed by atoms with Crippen LogP contribution in [-0.2, 0) is 11.2 Å². The Balaban J connectivity index is 0.00000176. The molecule has 0 aromatic heterocycles. The monoisotopic (exact) mass is 317 g/mol. The van der Waals surface area contributed by atoms with Crippen LogP contribution in [0.3, 0.4) is 0 Å². The van der Waals surface area contributed by atoms with E-state index in [4.69, 9.17) is 5.11 Å². The summed E-state index contributed by atoms with van der Waals surface area (Å²) < 4.78 is 0. The van der Waals surface area contributed by atoms with Gasteiger partial charge in [-0.15, -0.1) is 12.4 Å². The highest BCUT2D eigenvalue weighted by atomic mass is 35.5. The Morgan fingerprint density at radius 1 is 1.05 bits per heavy atom. The lowest BCUT2D eigenvalue weighted by molar-refractivity contribution is -0.139. The van der Waals surface area contributed by atoms with Gasteiger partial charge in [0.15, 0.2) is 0 Å². The van der Waals surface area contributed by atoms with E-state index < -0.39 is 5.97 Å². The second-order valence-corrected chi connectivity index (χ2v) is 5.67. The Morgan fingerprint density at radius 2 is 1.68 bits per heavy atom. The van der Waals surface area contributed by atoms with Gasteiger partial charge in [-0.05, 0) is 42.0 Å². The molecule has 0 aliphatic carbocycles. The molecule has 0 spiro atoms. The third kappa shape index (κ3) is 3.87. The summed E-state index contributed by atoms with van der Waals surface area (Å²) in [5.41, 5.74) is 3.71. The zero-order valence-corrected chi connectivity index (χ0v) is 13.1. The van der Waals surface area contributed by atoms with Crippen molar-refractivity contribution in [2.75, 3.05) is 6.54 Å². The van der Waals surface area contributed by atoms with Crippen molar-refractivity contribution in [1.29, 1.82) is 0 Å². The number of halogens is 1. The fraction of sp³-hybridized carbons (Fsp3) is 0.278. The van der Waals surface area contributed by atoms with E-state index in [9.17, 15) is 4.79 Å². The molecule has 1 heterocycles. The molecule has 0 amide bonds. The van der Waals surface area contributed by atoms with Gasteiger partial charge in [-0.25, -0.2) is 0 Å². The van der Waals surface area contributed by atoms with Gasteiger partial charge in [-0.3, -0.25) is 4.79 Å². The number of hydrogen-bond donors (Lipinski definition) is 2. The zero-order chi connectivity index (χ0) is 14.7. The number of aliphatic carboxylic acids is 1. The molecular weight excluding hydrogens is 298 g/mol. The molecular formula is C18H20ClNO2. The van der Waals surface area contributed by atoms with Gasteiger partial charge in [0.1, 0.15) is 6.04 Å². The zero-order valence-electron chi connectivity index (χ0n) is 12.2. The van der Waals surface area contributed by atoms with Gasteiger partial charge >= 0.3 is 5.97 Å². The van der Waals surface area contributed by atoms with E-state index in [1.807, 2.05) is 18.2 Å². The Kier molecular flexibility index (Phi) is 5.58. The summed E-state index contributed by atoms with van der Waals surface area (Å²) in [5, 5.41) is 12.1. The summed E-state index contributed by atoms with van der Waals surface area (Å²) in [6.07, 6.45) is 1.65. The van der Waals surface area contributed by atoms with Crippen molar-refractivity contribution in [3.8, 4) is 11.1 Å². The fourth-order valence-corrected chi connectivity index (χ4v) is 2.95. The van der Waals surface area contributed by atoms with Crippen LogP contribution in [-0.4, -0.2) is 23.7 Å². The normalized spacial score (nSPS) is 20.4. The van der Waals surface area contributed by atoms with E-state index in [0.29, 0.717) is 5.92 Å². The first-order valence-corrected chi connectivity index (χ1v) is 7.33. The van der Waals surface area contributed by atoms with Gasteiger partial charge in [-0.1, -0.05) is 54.6 Å². The smallest absolute Gasteiger partial charge is 0.320 e. The summed E-state index contributed by atoms with van der Waals surface area (Å²) in [6, 6.07) is 18.5. The lowest BCUT2D eigenvalue weighted by atomic mass is 9.95. The number of benzene rings is 2. The van der Waals surface area contributed by atoms with Crippen LogP contribution in [0.25, 0.3) is 11.1 Å². The summed E-state index contributed by atoms with van der Waals surface area (Å²) in [7, 11) is 0. The maximum Gasteiger partial charge on any atom is 0.320 e. The predicted octanol–water partition coefficient (Wildman–Crippen LogP) is 3.38. The van der Waals surface area contributed by atoms with Crippen LogP contribution in [0.15, 0.2) is 54.6 Å². The Morgan fingerprint density at radius 3 is 2.27 bits per heavy atom. The molecule has 3 rings (SSSR count). The highest BCUT2D eigenvalue weighted by Gasteiger charge is 2.28. The second-order valence-electron chi connectivity index (χ2n) is 5.67. The minimum absolute atomic E-state index is 0. The number of carboxylic acids is 1.